The van der Waals surface area contributed by atoms with Crippen molar-refractivity contribution in [1.29, 1.82) is 0 Å². The monoisotopic (exact) mass is 234 g/mol. The summed E-state index contributed by atoms with van der Waals surface area (Å²) >= 11 is 1.81. The van der Waals surface area contributed by atoms with E-state index in [0.29, 0.717) is 6.04 Å². The van der Waals surface area contributed by atoms with Crippen LogP contribution in [0.15, 0.2) is 12.1 Å². The average Bonchev–Trinajstić information content (AvgIpc) is 2.70. The van der Waals surface area contributed by atoms with Crippen molar-refractivity contribution < 1.29 is 0 Å². The second-order valence-electron chi connectivity index (χ2n) is 4.34. The van der Waals surface area contributed by atoms with Crippen LogP contribution in [0.3, 0.4) is 0 Å². The Balaban J connectivity index is 2.46. The molecule has 0 bridgehead atoms. The van der Waals surface area contributed by atoms with E-state index >= 15 is 0 Å². The third-order valence-electron chi connectivity index (χ3n) is 3.03. The topological polar surface area (TPSA) is 17.8 Å². The fourth-order valence-electron chi connectivity index (χ4n) is 2.34. The van der Waals surface area contributed by atoms with Gasteiger partial charge in [-0.15, -0.1) is 11.3 Å². The first kappa shape index (κ1) is 11.4. The zero-order chi connectivity index (χ0) is 11.9. The van der Waals surface area contributed by atoms with Gasteiger partial charge in [0.2, 0.25) is 0 Å². The van der Waals surface area contributed by atoms with Crippen molar-refractivity contribution in [2.24, 2.45) is 0 Å². The van der Waals surface area contributed by atoms with Crippen molar-refractivity contribution in [2.45, 2.75) is 40.7 Å². The van der Waals surface area contributed by atoms with Gasteiger partial charge in [0.15, 0.2) is 0 Å². The molecule has 0 aliphatic heterocycles. The summed E-state index contributed by atoms with van der Waals surface area (Å²) in [7, 11) is 0. The lowest BCUT2D eigenvalue weighted by atomic mass is 10.2. The van der Waals surface area contributed by atoms with Crippen molar-refractivity contribution in [3.63, 3.8) is 0 Å². The molecule has 0 aliphatic rings. The van der Waals surface area contributed by atoms with E-state index in [1.165, 1.54) is 22.0 Å². The van der Waals surface area contributed by atoms with E-state index in [2.05, 4.69) is 56.3 Å². The highest BCUT2D eigenvalue weighted by atomic mass is 32.1. The third-order valence-corrected chi connectivity index (χ3v) is 4.27. The fourth-order valence-corrected chi connectivity index (χ4v) is 3.31. The van der Waals surface area contributed by atoms with Gasteiger partial charge >= 0.3 is 0 Å². The molecule has 3 heteroatoms. The molecule has 2 heterocycles. The predicted molar refractivity (Wildman–Crippen MR) is 69.3 cm³/mol. The molecule has 1 atom stereocenters. The minimum Gasteiger partial charge on any atom is -0.341 e. The van der Waals surface area contributed by atoms with Crippen molar-refractivity contribution >= 4 is 11.3 Å². The third kappa shape index (κ3) is 1.80. The van der Waals surface area contributed by atoms with Crippen LogP contribution in [-0.4, -0.2) is 9.55 Å². The molecule has 86 valence electrons. The summed E-state index contributed by atoms with van der Waals surface area (Å²) in [6, 6.07) is 4.74. The Bertz CT molecular complexity index is 488. The van der Waals surface area contributed by atoms with Gasteiger partial charge in [0.25, 0.3) is 0 Å². The summed E-state index contributed by atoms with van der Waals surface area (Å²) in [6.45, 7) is 10.7. The molecule has 1 unspecified atom stereocenters. The van der Waals surface area contributed by atoms with Gasteiger partial charge < -0.3 is 4.57 Å². The average molecular weight is 234 g/mol. The van der Waals surface area contributed by atoms with E-state index in [4.69, 9.17) is 0 Å². The van der Waals surface area contributed by atoms with E-state index in [-0.39, 0.29) is 0 Å². The number of nitrogens with zero attached hydrogens (tertiary/aromatic N) is 2. The van der Waals surface area contributed by atoms with Crippen LogP contribution in [0, 0.1) is 27.7 Å². The van der Waals surface area contributed by atoms with E-state index in [0.717, 1.165) is 5.01 Å². The molecule has 0 spiro atoms. The SMILES string of the molecule is Cc1nc(C)c(C(C)n2c(C)ccc2C)s1. The van der Waals surface area contributed by atoms with Gasteiger partial charge in [0, 0.05) is 11.4 Å². The first-order valence-corrected chi connectivity index (χ1v) is 6.40. The molecule has 0 N–H and O–H groups in total. The minimum absolute atomic E-state index is 0.390. The van der Waals surface area contributed by atoms with Gasteiger partial charge in [-0.25, -0.2) is 4.98 Å². The first-order chi connectivity index (χ1) is 7.50. The molecule has 0 saturated heterocycles. The summed E-state index contributed by atoms with van der Waals surface area (Å²) in [4.78, 5) is 5.88. The van der Waals surface area contributed by atoms with Crippen LogP contribution >= 0.6 is 11.3 Å². The van der Waals surface area contributed by atoms with Gasteiger partial charge in [-0.2, -0.15) is 0 Å². The summed E-state index contributed by atoms with van der Waals surface area (Å²) in [5, 5.41) is 1.15. The Labute approximate surface area is 101 Å². The number of aryl methyl sites for hydroxylation is 4. The molecule has 2 nitrogen and oxygen atoms in total. The molecular weight excluding hydrogens is 216 g/mol. The van der Waals surface area contributed by atoms with Crippen LogP contribution in [0.25, 0.3) is 0 Å². The van der Waals surface area contributed by atoms with Gasteiger partial charge in [0.05, 0.1) is 21.6 Å². The van der Waals surface area contributed by atoms with Gasteiger partial charge in [-0.3, -0.25) is 0 Å². The molecule has 0 radical (unpaired) electrons. The van der Waals surface area contributed by atoms with Crippen molar-refractivity contribution in [3.05, 3.63) is 39.1 Å². The smallest absolute Gasteiger partial charge is 0.0900 e. The Kier molecular flexibility index (Phi) is 2.89. The molecular formula is C13H18N2S. The second-order valence-corrected chi connectivity index (χ2v) is 5.58. The lowest BCUT2D eigenvalue weighted by Crippen LogP contribution is -2.09. The molecule has 0 aromatic carbocycles. The second kappa shape index (κ2) is 4.06. The van der Waals surface area contributed by atoms with E-state index in [9.17, 15) is 0 Å². The van der Waals surface area contributed by atoms with Gasteiger partial charge in [-0.05, 0) is 46.8 Å². The maximum atomic E-state index is 4.51. The maximum absolute atomic E-state index is 4.51. The number of aromatic nitrogens is 2. The molecule has 16 heavy (non-hydrogen) atoms. The Morgan fingerprint density at radius 1 is 1.12 bits per heavy atom. The summed E-state index contributed by atoms with van der Waals surface area (Å²) in [5.41, 5.74) is 3.80. The molecule has 2 aromatic rings. The molecule has 2 aromatic heterocycles. The number of hydrogen-bond donors (Lipinski definition) is 0. The largest absolute Gasteiger partial charge is 0.341 e. The first-order valence-electron chi connectivity index (χ1n) is 5.59. The van der Waals surface area contributed by atoms with Crippen LogP contribution < -0.4 is 0 Å². The standard InChI is InChI=1S/C13H18N2S/c1-8-6-7-9(2)15(8)11(4)13-10(3)14-12(5)16-13/h6-7,11H,1-5H3. The Morgan fingerprint density at radius 3 is 2.12 bits per heavy atom. The lowest BCUT2D eigenvalue weighted by molar-refractivity contribution is 0.615. The number of rotatable bonds is 2. The van der Waals surface area contributed by atoms with Crippen LogP contribution in [0.2, 0.25) is 0 Å². The normalized spacial score (nSPS) is 13.1. The van der Waals surface area contributed by atoms with E-state index in [1.54, 1.807) is 11.3 Å². The van der Waals surface area contributed by atoms with Gasteiger partial charge in [-0.1, -0.05) is 0 Å². The summed E-state index contributed by atoms with van der Waals surface area (Å²) in [5.74, 6) is 0. The molecule has 0 fully saturated rings. The van der Waals surface area contributed by atoms with Crippen LogP contribution in [0.1, 0.15) is 39.9 Å². The van der Waals surface area contributed by atoms with E-state index in [1.807, 2.05) is 0 Å². The zero-order valence-electron chi connectivity index (χ0n) is 10.5. The molecule has 0 aliphatic carbocycles. The van der Waals surface area contributed by atoms with Crippen molar-refractivity contribution in [3.8, 4) is 0 Å². The van der Waals surface area contributed by atoms with Crippen LogP contribution in [0.4, 0.5) is 0 Å². The van der Waals surface area contributed by atoms with Crippen LogP contribution in [0.5, 0.6) is 0 Å². The van der Waals surface area contributed by atoms with E-state index < -0.39 is 0 Å². The highest BCUT2D eigenvalue weighted by Gasteiger charge is 2.16. The Morgan fingerprint density at radius 2 is 1.69 bits per heavy atom. The lowest BCUT2D eigenvalue weighted by Gasteiger charge is -2.17. The molecule has 2 rings (SSSR count). The highest BCUT2D eigenvalue weighted by molar-refractivity contribution is 7.11. The maximum Gasteiger partial charge on any atom is 0.0900 e. The predicted octanol–water partition coefficient (Wildman–Crippen LogP) is 3.79. The van der Waals surface area contributed by atoms with Gasteiger partial charge in [0.1, 0.15) is 0 Å². The van der Waals surface area contributed by atoms with Crippen molar-refractivity contribution in [2.75, 3.05) is 0 Å². The summed E-state index contributed by atoms with van der Waals surface area (Å²) < 4.78 is 2.37. The number of thiazole rings is 1. The summed E-state index contributed by atoms with van der Waals surface area (Å²) in [6.07, 6.45) is 0. The molecule has 0 amide bonds. The number of hydrogen-bond acceptors (Lipinski definition) is 2. The Hall–Kier alpha value is -1.09. The van der Waals surface area contributed by atoms with Crippen LogP contribution in [-0.2, 0) is 0 Å². The fraction of sp³-hybridized carbons (Fsp3) is 0.462. The molecule has 0 saturated carbocycles. The highest BCUT2D eigenvalue weighted by Crippen LogP contribution is 2.29. The quantitative estimate of drug-likeness (QED) is 0.773. The zero-order valence-corrected chi connectivity index (χ0v) is 11.4. The van der Waals surface area contributed by atoms with Crippen molar-refractivity contribution in [1.82, 2.24) is 9.55 Å². The minimum atomic E-state index is 0.390.